The van der Waals surface area contributed by atoms with Crippen LogP contribution in [0.1, 0.15) is 33.6 Å². The monoisotopic (exact) mass is 228 g/mol. The maximum Gasteiger partial charge on any atom is 0.304 e. The zero-order chi connectivity index (χ0) is 12.3. The number of aliphatic carboxylic acids is 1. The van der Waals surface area contributed by atoms with E-state index in [1.165, 1.54) is 0 Å². The van der Waals surface area contributed by atoms with Crippen LogP contribution in [0.3, 0.4) is 0 Å². The number of hydrogen-bond acceptors (Lipinski definition) is 3. The second-order valence-electron chi connectivity index (χ2n) is 5.36. The van der Waals surface area contributed by atoms with Gasteiger partial charge in [0.1, 0.15) is 0 Å². The van der Waals surface area contributed by atoms with Crippen molar-refractivity contribution in [1.82, 2.24) is 9.80 Å². The molecule has 0 spiro atoms. The smallest absolute Gasteiger partial charge is 0.304 e. The van der Waals surface area contributed by atoms with Crippen LogP contribution in [-0.2, 0) is 4.79 Å². The first-order valence-corrected chi connectivity index (χ1v) is 6.04. The molecule has 1 fully saturated rings. The molecule has 0 amide bonds. The maximum absolute atomic E-state index is 10.9. The minimum Gasteiger partial charge on any atom is -0.481 e. The Kier molecular flexibility index (Phi) is 4.33. The van der Waals surface area contributed by atoms with Gasteiger partial charge in [-0.2, -0.15) is 0 Å². The van der Waals surface area contributed by atoms with Crippen molar-refractivity contribution in [1.29, 1.82) is 0 Å². The van der Waals surface area contributed by atoms with Crippen LogP contribution in [-0.4, -0.2) is 59.1 Å². The molecule has 1 rings (SSSR count). The van der Waals surface area contributed by atoms with E-state index in [9.17, 15) is 4.79 Å². The number of likely N-dealkylation sites (N-methyl/N-ethyl adjacent to an activating group) is 2. The van der Waals surface area contributed by atoms with Crippen LogP contribution in [0.5, 0.6) is 0 Å². The molecule has 0 aliphatic carbocycles. The summed E-state index contributed by atoms with van der Waals surface area (Å²) >= 11 is 0. The molecule has 0 aromatic carbocycles. The molecule has 0 radical (unpaired) electrons. The molecule has 0 aromatic heterocycles. The van der Waals surface area contributed by atoms with E-state index in [-0.39, 0.29) is 18.0 Å². The first-order chi connectivity index (χ1) is 7.36. The average molecular weight is 228 g/mol. The van der Waals surface area contributed by atoms with Gasteiger partial charge in [-0.05, 0) is 40.4 Å². The van der Waals surface area contributed by atoms with Crippen molar-refractivity contribution in [3.8, 4) is 0 Å². The summed E-state index contributed by atoms with van der Waals surface area (Å²) in [5.41, 5.74) is 0.0969. The molecular formula is C12H24N2O2. The standard InChI is InChI=1S/C12H24N2O2/c1-5-14-10(8-11(15)16)9-13(4)7-6-12(14,2)3/h10H,5-9H2,1-4H3,(H,15,16). The van der Waals surface area contributed by atoms with E-state index in [4.69, 9.17) is 5.11 Å². The van der Waals surface area contributed by atoms with Gasteiger partial charge in [0.2, 0.25) is 0 Å². The van der Waals surface area contributed by atoms with Gasteiger partial charge in [0.25, 0.3) is 0 Å². The third-order valence-electron chi connectivity index (χ3n) is 3.60. The predicted molar refractivity (Wildman–Crippen MR) is 64.6 cm³/mol. The SMILES string of the molecule is CCN1C(CC(=O)O)CN(C)CCC1(C)C. The van der Waals surface area contributed by atoms with Crippen LogP contribution in [0.2, 0.25) is 0 Å². The zero-order valence-electron chi connectivity index (χ0n) is 10.9. The van der Waals surface area contributed by atoms with E-state index >= 15 is 0 Å². The molecule has 1 heterocycles. The minimum absolute atomic E-state index is 0.0969. The number of carboxylic acid groups (broad SMARTS) is 1. The fourth-order valence-electron chi connectivity index (χ4n) is 2.71. The lowest BCUT2D eigenvalue weighted by atomic mass is 9.96. The Morgan fingerprint density at radius 1 is 1.50 bits per heavy atom. The van der Waals surface area contributed by atoms with Crippen LogP contribution >= 0.6 is 0 Å². The number of rotatable bonds is 3. The normalized spacial score (nSPS) is 27.6. The summed E-state index contributed by atoms with van der Waals surface area (Å²) in [6.07, 6.45) is 1.33. The molecule has 1 aliphatic rings. The number of hydrogen-bond donors (Lipinski definition) is 1. The Hall–Kier alpha value is -0.610. The highest BCUT2D eigenvalue weighted by Crippen LogP contribution is 2.26. The van der Waals surface area contributed by atoms with E-state index in [0.717, 1.165) is 26.1 Å². The highest BCUT2D eigenvalue weighted by atomic mass is 16.4. The molecule has 1 unspecified atom stereocenters. The van der Waals surface area contributed by atoms with Crippen LogP contribution in [0.25, 0.3) is 0 Å². The molecule has 1 aliphatic heterocycles. The van der Waals surface area contributed by atoms with Crippen molar-refractivity contribution in [2.24, 2.45) is 0 Å². The second-order valence-corrected chi connectivity index (χ2v) is 5.36. The van der Waals surface area contributed by atoms with Gasteiger partial charge >= 0.3 is 5.97 Å². The van der Waals surface area contributed by atoms with Gasteiger partial charge < -0.3 is 10.0 Å². The molecule has 1 atom stereocenters. The molecule has 0 saturated carbocycles. The second kappa shape index (κ2) is 5.15. The van der Waals surface area contributed by atoms with Gasteiger partial charge in [-0.3, -0.25) is 9.69 Å². The maximum atomic E-state index is 10.9. The summed E-state index contributed by atoms with van der Waals surface area (Å²) in [6, 6.07) is 0.130. The van der Waals surface area contributed by atoms with E-state index in [2.05, 4.69) is 37.6 Å². The van der Waals surface area contributed by atoms with Crippen LogP contribution in [0.15, 0.2) is 0 Å². The third-order valence-corrected chi connectivity index (χ3v) is 3.60. The zero-order valence-corrected chi connectivity index (χ0v) is 10.9. The third kappa shape index (κ3) is 3.19. The van der Waals surface area contributed by atoms with Crippen molar-refractivity contribution in [2.75, 3.05) is 26.7 Å². The molecule has 4 nitrogen and oxygen atoms in total. The van der Waals surface area contributed by atoms with Gasteiger partial charge in [-0.15, -0.1) is 0 Å². The molecule has 1 saturated heterocycles. The Balaban J connectivity index is 2.85. The summed E-state index contributed by atoms with van der Waals surface area (Å²) in [7, 11) is 2.07. The molecule has 94 valence electrons. The lowest BCUT2D eigenvalue weighted by Gasteiger charge is -2.40. The molecule has 0 bridgehead atoms. The van der Waals surface area contributed by atoms with Crippen molar-refractivity contribution < 1.29 is 9.90 Å². The Bertz CT molecular complexity index is 253. The topological polar surface area (TPSA) is 43.8 Å². The van der Waals surface area contributed by atoms with E-state index in [1.54, 1.807) is 0 Å². The summed E-state index contributed by atoms with van der Waals surface area (Å²) in [5, 5.41) is 8.98. The van der Waals surface area contributed by atoms with Crippen molar-refractivity contribution in [3.05, 3.63) is 0 Å². The highest BCUT2D eigenvalue weighted by molar-refractivity contribution is 5.67. The average Bonchev–Trinajstić information content (AvgIpc) is 2.23. The largest absolute Gasteiger partial charge is 0.481 e. The fourth-order valence-corrected chi connectivity index (χ4v) is 2.71. The summed E-state index contributed by atoms with van der Waals surface area (Å²) < 4.78 is 0. The highest BCUT2D eigenvalue weighted by Gasteiger charge is 2.35. The fraction of sp³-hybridized carbons (Fsp3) is 0.917. The predicted octanol–water partition coefficient (Wildman–Crippen LogP) is 1.27. The van der Waals surface area contributed by atoms with E-state index in [1.807, 2.05) is 0 Å². The number of nitrogens with zero attached hydrogens (tertiary/aromatic N) is 2. The summed E-state index contributed by atoms with van der Waals surface area (Å²) in [6.45, 7) is 9.35. The van der Waals surface area contributed by atoms with E-state index < -0.39 is 5.97 Å². The van der Waals surface area contributed by atoms with Crippen LogP contribution in [0.4, 0.5) is 0 Å². The molecule has 16 heavy (non-hydrogen) atoms. The quantitative estimate of drug-likeness (QED) is 0.790. The van der Waals surface area contributed by atoms with Gasteiger partial charge in [-0.25, -0.2) is 0 Å². The molecular weight excluding hydrogens is 204 g/mol. The Labute approximate surface area is 98.2 Å². The summed E-state index contributed by atoms with van der Waals surface area (Å²) in [5.74, 6) is -0.699. The van der Waals surface area contributed by atoms with Crippen molar-refractivity contribution in [2.45, 2.75) is 45.2 Å². The first kappa shape index (κ1) is 13.5. The molecule has 1 N–H and O–H groups in total. The lowest BCUT2D eigenvalue weighted by molar-refractivity contribution is -0.139. The molecule has 0 aromatic rings. The molecule has 4 heteroatoms. The number of carbonyl (C=O) groups is 1. The van der Waals surface area contributed by atoms with Crippen LogP contribution < -0.4 is 0 Å². The van der Waals surface area contributed by atoms with E-state index in [0.29, 0.717) is 0 Å². The first-order valence-electron chi connectivity index (χ1n) is 6.04. The Morgan fingerprint density at radius 2 is 2.12 bits per heavy atom. The van der Waals surface area contributed by atoms with Gasteiger partial charge in [0.15, 0.2) is 0 Å². The summed E-state index contributed by atoms with van der Waals surface area (Å²) in [4.78, 5) is 15.5. The van der Waals surface area contributed by atoms with Crippen molar-refractivity contribution in [3.63, 3.8) is 0 Å². The van der Waals surface area contributed by atoms with Gasteiger partial charge in [0.05, 0.1) is 6.42 Å². The van der Waals surface area contributed by atoms with Gasteiger partial charge in [-0.1, -0.05) is 6.92 Å². The van der Waals surface area contributed by atoms with Crippen molar-refractivity contribution >= 4 is 5.97 Å². The van der Waals surface area contributed by atoms with Gasteiger partial charge in [0, 0.05) is 18.1 Å². The minimum atomic E-state index is -0.699. The Morgan fingerprint density at radius 3 is 2.62 bits per heavy atom. The van der Waals surface area contributed by atoms with Crippen LogP contribution in [0, 0.1) is 0 Å². The lowest BCUT2D eigenvalue weighted by Crippen LogP contribution is -2.51. The number of carboxylic acids is 1.